The number of hydrogen-bond donors (Lipinski definition) is 2. The molecule has 0 bridgehead atoms. The van der Waals surface area contributed by atoms with Crippen LogP contribution in [-0.2, 0) is 4.79 Å². The molecule has 0 spiro atoms. The average molecular weight is 260 g/mol. The van der Waals surface area contributed by atoms with Crippen LogP contribution in [0.15, 0.2) is 24.3 Å². The van der Waals surface area contributed by atoms with E-state index in [9.17, 15) is 4.79 Å². The lowest BCUT2D eigenvalue weighted by atomic mass is 9.89. The van der Waals surface area contributed by atoms with Gasteiger partial charge in [-0.2, -0.15) is 0 Å². The summed E-state index contributed by atoms with van der Waals surface area (Å²) in [7, 11) is 0. The van der Waals surface area contributed by atoms with E-state index in [1.54, 1.807) is 0 Å². The number of anilines is 1. The van der Waals surface area contributed by atoms with Gasteiger partial charge in [-0.3, -0.25) is 4.79 Å². The van der Waals surface area contributed by atoms with Crippen molar-refractivity contribution in [2.24, 2.45) is 5.41 Å². The Hall–Kier alpha value is -1.35. The van der Waals surface area contributed by atoms with E-state index in [0.717, 1.165) is 17.8 Å². The standard InChI is InChI=1S/C16H24N2O/c1-13-6-5-7-14(10-13)18-15(19)11-17-12-16(2)8-3-4-9-16/h5-7,10,17H,3-4,8-9,11-12H2,1-2H3,(H,18,19). The van der Waals surface area contributed by atoms with E-state index in [-0.39, 0.29) is 5.91 Å². The van der Waals surface area contributed by atoms with E-state index < -0.39 is 0 Å². The molecule has 19 heavy (non-hydrogen) atoms. The van der Waals surface area contributed by atoms with Crippen LogP contribution in [0, 0.1) is 12.3 Å². The van der Waals surface area contributed by atoms with Gasteiger partial charge in [0.2, 0.25) is 5.91 Å². The molecule has 0 radical (unpaired) electrons. The summed E-state index contributed by atoms with van der Waals surface area (Å²) in [6.07, 6.45) is 5.21. The van der Waals surface area contributed by atoms with Crippen molar-refractivity contribution >= 4 is 11.6 Å². The molecule has 0 heterocycles. The zero-order valence-electron chi connectivity index (χ0n) is 12.0. The average Bonchev–Trinajstić information content (AvgIpc) is 2.76. The summed E-state index contributed by atoms with van der Waals surface area (Å²) >= 11 is 0. The predicted molar refractivity (Wildman–Crippen MR) is 79.3 cm³/mol. The molecule has 1 aromatic rings. The van der Waals surface area contributed by atoms with Crippen molar-refractivity contribution < 1.29 is 4.79 Å². The van der Waals surface area contributed by atoms with Crippen LogP contribution >= 0.6 is 0 Å². The van der Waals surface area contributed by atoms with Crippen LogP contribution < -0.4 is 10.6 Å². The highest BCUT2D eigenvalue weighted by Gasteiger charge is 2.27. The normalized spacial score (nSPS) is 17.4. The fraction of sp³-hybridized carbons (Fsp3) is 0.562. The number of rotatable bonds is 5. The summed E-state index contributed by atoms with van der Waals surface area (Å²) in [6, 6.07) is 7.88. The molecule has 1 aromatic carbocycles. The topological polar surface area (TPSA) is 41.1 Å². The van der Waals surface area contributed by atoms with Crippen molar-refractivity contribution in [3.8, 4) is 0 Å². The Labute approximate surface area is 115 Å². The third-order valence-electron chi connectivity index (χ3n) is 3.95. The molecule has 2 rings (SSSR count). The lowest BCUT2D eigenvalue weighted by Gasteiger charge is -2.23. The number of benzene rings is 1. The van der Waals surface area contributed by atoms with Gasteiger partial charge in [0, 0.05) is 12.2 Å². The molecule has 1 amide bonds. The van der Waals surface area contributed by atoms with Crippen molar-refractivity contribution in [1.29, 1.82) is 0 Å². The van der Waals surface area contributed by atoms with Crippen LogP contribution in [0.2, 0.25) is 0 Å². The molecule has 2 N–H and O–H groups in total. The Balaban J connectivity index is 1.73. The number of nitrogens with one attached hydrogen (secondary N) is 2. The van der Waals surface area contributed by atoms with E-state index in [0.29, 0.717) is 12.0 Å². The first-order valence-electron chi connectivity index (χ1n) is 7.15. The number of amides is 1. The molecule has 0 saturated heterocycles. The summed E-state index contributed by atoms with van der Waals surface area (Å²) in [4.78, 5) is 11.8. The minimum atomic E-state index is 0.0344. The largest absolute Gasteiger partial charge is 0.325 e. The molecular weight excluding hydrogens is 236 g/mol. The molecule has 1 saturated carbocycles. The van der Waals surface area contributed by atoms with Crippen LogP contribution in [0.4, 0.5) is 5.69 Å². The Kier molecular flexibility index (Phi) is 4.59. The first-order chi connectivity index (χ1) is 9.07. The molecule has 3 heteroatoms. The zero-order valence-corrected chi connectivity index (χ0v) is 12.0. The molecular formula is C16H24N2O. The van der Waals surface area contributed by atoms with Gasteiger partial charge in [-0.05, 0) is 42.9 Å². The van der Waals surface area contributed by atoms with Crippen LogP contribution in [0.3, 0.4) is 0 Å². The van der Waals surface area contributed by atoms with Gasteiger partial charge in [0.15, 0.2) is 0 Å². The smallest absolute Gasteiger partial charge is 0.238 e. The highest BCUT2D eigenvalue weighted by molar-refractivity contribution is 5.92. The Morgan fingerprint density at radius 1 is 1.32 bits per heavy atom. The van der Waals surface area contributed by atoms with Gasteiger partial charge >= 0.3 is 0 Å². The molecule has 3 nitrogen and oxygen atoms in total. The van der Waals surface area contributed by atoms with Crippen LogP contribution in [0.1, 0.15) is 38.2 Å². The predicted octanol–water partition coefficient (Wildman–Crippen LogP) is 3.10. The number of carbonyl (C=O) groups is 1. The molecule has 1 aliphatic carbocycles. The van der Waals surface area contributed by atoms with Gasteiger partial charge in [0.25, 0.3) is 0 Å². The lowest BCUT2D eigenvalue weighted by molar-refractivity contribution is -0.115. The molecule has 0 unspecified atom stereocenters. The van der Waals surface area contributed by atoms with Crippen molar-refractivity contribution in [2.45, 2.75) is 39.5 Å². The molecule has 0 aliphatic heterocycles. The molecule has 104 valence electrons. The van der Waals surface area contributed by atoms with Gasteiger partial charge in [-0.1, -0.05) is 31.9 Å². The second kappa shape index (κ2) is 6.20. The second-order valence-electron chi connectivity index (χ2n) is 6.04. The first-order valence-corrected chi connectivity index (χ1v) is 7.15. The quantitative estimate of drug-likeness (QED) is 0.854. The van der Waals surface area contributed by atoms with E-state index in [2.05, 4.69) is 17.6 Å². The number of carbonyl (C=O) groups excluding carboxylic acids is 1. The van der Waals surface area contributed by atoms with Crippen LogP contribution in [0.25, 0.3) is 0 Å². The second-order valence-corrected chi connectivity index (χ2v) is 6.04. The fourth-order valence-electron chi connectivity index (χ4n) is 2.81. The van der Waals surface area contributed by atoms with Crippen molar-refractivity contribution in [1.82, 2.24) is 5.32 Å². The summed E-state index contributed by atoms with van der Waals surface area (Å²) in [5, 5.41) is 6.21. The van der Waals surface area contributed by atoms with Crippen molar-refractivity contribution in [2.75, 3.05) is 18.4 Å². The summed E-state index contributed by atoms with van der Waals surface area (Å²) in [5.41, 5.74) is 2.42. The van der Waals surface area contributed by atoms with Gasteiger partial charge in [0.1, 0.15) is 0 Å². The minimum Gasteiger partial charge on any atom is -0.325 e. The van der Waals surface area contributed by atoms with E-state index >= 15 is 0 Å². The van der Waals surface area contributed by atoms with Crippen LogP contribution in [0.5, 0.6) is 0 Å². The maximum atomic E-state index is 11.8. The molecule has 0 aromatic heterocycles. The van der Waals surface area contributed by atoms with E-state index in [4.69, 9.17) is 0 Å². The highest BCUT2D eigenvalue weighted by atomic mass is 16.1. The zero-order chi connectivity index (χ0) is 13.7. The lowest BCUT2D eigenvalue weighted by Crippen LogP contribution is -2.35. The maximum Gasteiger partial charge on any atom is 0.238 e. The van der Waals surface area contributed by atoms with Gasteiger partial charge in [-0.25, -0.2) is 0 Å². The van der Waals surface area contributed by atoms with Crippen LogP contribution in [-0.4, -0.2) is 19.0 Å². The van der Waals surface area contributed by atoms with Crippen molar-refractivity contribution in [3.05, 3.63) is 29.8 Å². The van der Waals surface area contributed by atoms with Crippen molar-refractivity contribution in [3.63, 3.8) is 0 Å². The van der Waals surface area contributed by atoms with Gasteiger partial charge in [-0.15, -0.1) is 0 Å². The maximum absolute atomic E-state index is 11.8. The van der Waals surface area contributed by atoms with E-state index in [1.165, 1.54) is 25.7 Å². The summed E-state index contributed by atoms with van der Waals surface area (Å²) in [6.45, 7) is 5.66. The monoisotopic (exact) mass is 260 g/mol. The Bertz CT molecular complexity index is 436. The summed E-state index contributed by atoms with van der Waals surface area (Å²) < 4.78 is 0. The molecule has 1 aliphatic rings. The SMILES string of the molecule is Cc1cccc(NC(=O)CNCC2(C)CCCC2)c1. The third-order valence-corrected chi connectivity index (χ3v) is 3.95. The Morgan fingerprint density at radius 2 is 2.05 bits per heavy atom. The van der Waals surface area contributed by atoms with Gasteiger partial charge < -0.3 is 10.6 Å². The number of hydrogen-bond acceptors (Lipinski definition) is 2. The summed E-state index contributed by atoms with van der Waals surface area (Å²) in [5.74, 6) is 0.0344. The first kappa shape index (κ1) is 14.1. The molecule has 0 atom stereocenters. The minimum absolute atomic E-state index is 0.0344. The third kappa shape index (κ3) is 4.35. The fourth-order valence-corrected chi connectivity index (χ4v) is 2.81. The van der Waals surface area contributed by atoms with E-state index in [1.807, 2.05) is 31.2 Å². The highest BCUT2D eigenvalue weighted by Crippen LogP contribution is 2.36. The Morgan fingerprint density at radius 3 is 2.74 bits per heavy atom. The van der Waals surface area contributed by atoms with Gasteiger partial charge in [0.05, 0.1) is 6.54 Å². The number of aryl methyl sites for hydroxylation is 1. The molecule has 1 fully saturated rings.